The molecule has 13 heteroatoms. The predicted octanol–water partition coefficient (Wildman–Crippen LogP) is 2.03. The third kappa shape index (κ3) is 4.82. The standard InChI is InChI=1S/C21H19FN8O4/c1-12-18(30(29-25-12)20-19(23)27-34-28-20)21(31)26-24-10-14-5-8-16(17(9-14)32-2)33-11-13-3-6-15(22)7-4-13/h3-10H,11H2,1-2H3,(H2,23,27)(H,26,31)/b24-10+. The number of carbonyl (C=O) groups excluding carboxylic acids is 1. The minimum absolute atomic E-state index is 0.0377. The molecule has 174 valence electrons. The number of amides is 1. The quantitative estimate of drug-likeness (QED) is 0.293. The van der Waals surface area contributed by atoms with Crippen molar-refractivity contribution >= 4 is 17.9 Å². The molecular formula is C21H19FN8O4. The summed E-state index contributed by atoms with van der Waals surface area (Å²) in [5.74, 6) is 0.0495. The second-order valence-electron chi connectivity index (χ2n) is 6.93. The van der Waals surface area contributed by atoms with Gasteiger partial charge in [-0.3, -0.25) is 4.79 Å². The van der Waals surface area contributed by atoms with Crippen LogP contribution in [0.5, 0.6) is 11.5 Å². The smallest absolute Gasteiger partial charge is 0.292 e. The van der Waals surface area contributed by atoms with E-state index in [1.54, 1.807) is 37.3 Å². The molecule has 0 fully saturated rings. The molecule has 2 heterocycles. The summed E-state index contributed by atoms with van der Waals surface area (Å²) >= 11 is 0. The zero-order valence-corrected chi connectivity index (χ0v) is 18.1. The number of rotatable bonds is 8. The van der Waals surface area contributed by atoms with Gasteiger partial charge in [-0.15, -0.1) is 5.10 Å². The van der Waals surface area contributed by atoms with Crippen molar-refractivity contribution in [3.05, 3.63) is 70.8 Å². The molecule has 1 amide bonds. The van der Waals surface area contributed by atoms with Gasteiger partial charge in [-0.25, -0.2) is 14.4 Å². The van der Waals surface area contributed by atoms with Crippen molar-refractivity contribution in [2.24, 2.45) is 5.10 Å². The van der Waals surface area contributed by atoms with E-state index in [9.17, 15) is 9.18 Å². The van der Waals surface area contributed by atoms with Crippen LogP contribution in [0, 0.1) is 12.7 Å². The Labute approximate surface area is 192 Å². The third-order valence-corrected chi connectivity index (χ3v) is 4.62. The van der Waals surface area contributed by atoms with Crippen LogP contribution in [-0.2, 0) is 6.61 Å². The monoisotopic (exact) mass is 466 g/mol. The summed E-state index contributed by atoms with van der Waals surface area (Å²) in [4.78, 5) is 12.6. The molecule has 0 aliphatic heterocycles. The number of halogens is 1. The van der Waals surface area contributed by atoms with E-state index in [0.29, 0.717) is 22.8 Å². The second-order valence-corrected chi connectivity index (χ2v) is 6.93. The van der Waals surface area contributed by atoms with E-state index in [1.807, 2.05) is 0 Å². The maximum Gasteiger partial charge on any atom is 0.292 e. The van der Waals surface area contributed by atoms with Crippen LogP contribution in [0.15, 0.2) is 52.2 Å². The Morgan fingerprint density at radius 2 is 2.03 bits per heavy atom. The molecule has 3 N–H and O–H groups in total. The van der Waals surface area contributed by atoms with E-state index < -0.39 is 5.91 Å². The SMILES string of the molecule is COc1cc(/C=N/NC(=O)c2c(C)nnn2-c2nonc2N)ccc1OCc1ccc(F)cc1. The highest BCUT2D eigenvalue weighted by Gasteiger charge is 2.22. The van der Waals surface area contributed by atoms with Gasteiger partial charge in [0.15, 0.2) is 17.2 Å². The number of aromatic nitrogens is 5. The fraction of sp³-hybridized carbons (Fsp3) is 0.143. The zero-order valence-electron chi connectivity index (χ0n) is 18.1. The molecule has 0 bridgehead atoms. The number of hydrogen-bond donors (Lipinski definition) is 2. The molecule has 0 saturated carbocycles. The largest absolute Gasteiger partial charge is 0.493 e. The van der Waals surface area contributed by atoms with Gasteiger partial charge in [0.25, 0.3) is 5.91 Å². The van der Waals surface area contributed by atoms with Gasteiger partial charge in [-0.2, -0.15) is 9.78 Å². The number of nitrogens with two attached hydrogens (primary N) is 1. The minimum atomic E-state index is -0.590. The molecule has 0 aliphatic rings. The number of methoxy groups -OCH3 is 1. The first-order valence-corrected chi connectivity index (χ1v) is 9.85. The van der Waals surface area contributed by atoms with Crippen molar-refractivity contribution in [3.8, 4) is 17.3 Å². The highest BCUT2D eigenvalue weighted by molar-refractivity contribution is 5.94. The molecule has 4 rings (SSSR count). The molecule has 4 aromatic rings. The Morgan fingerprint density at radius 1 is 1.24 bits per heavy atom. The van der Waals surface area contributed by atoms with Crippen LogP contribution >= 0.6 is 0 Å². The summed E-state index contributed by atoms with van der Waals surface area (Å²) in [6, 6.07) is 11.1. The number of aryl methyl sites for hydroxylation is 1. The first-order valence-electron chi connectivity index (χ1n) is 9.85. The van der Waals surface area contributed by atoms with Gasteiger partial charge < -0.3 is 15.2 Å². The van der Waals surface area contributed by atoms with Crippen molar-refractivity contribution < 1.29 is 23.3 Å². The summed E-state index contributed by atoms with van der Waals surface area (Å²) in [5.41, 5.74) is 9.93. The lowest BCUT2D eigenvalue weighted by molar-refractivity contribution is 0.0946. The Bertz CT molecular complexity index is 1330. The van der Waals surface area contributed by atoms with Crippen LogP contribution in [0.25, 0.3) is 5.82 Å². The average molecular weight is 466 g/mol. The first-order chi connectivity index (χ1) is 16.5. The molecule has 12 nitrogen and oxygen atoms in total. The normalized spacial score (nSPS) is 11.0. The lowest BCUT2D eigenvalue weighted by atomic mass is 10.2. The maximum atomic E-state index is 13.0. The van der Waals surface area contributed by atoms with Gasteiger partial charge in [0.2, 0.25) is 11.6 Å². The zero-order chi connectivity index (χ0) is 24.1. The number of nitrogens with one attached hydrogen (secondary N) is 1. The highest BCUT2D eigenvalue weighted by atomic mass is 19.1. The van der Waals surface area contributed by atoms with E-state index >= 15 is 0 Å². The van der Waals surface area contributed by atoms with Crippen molar-refractivity contribution in [1.82, 2.24) is 30.7 Å². The third-order valence-electron chi connectivity index (χ3n) is 4.62. The van der Waals surface area contributed by atoms with Crippen molar-refractivity contribution in [1.29, 1.82) is 0 Å². The highest BCUT2D eigenvalue weighted by Crippen LogP contribution is 2.28. The molecule has 0 unspecified atom stereocenters. The number of benzene rings is 2. The van der Waals surface area contributed by atoms with E-state index in [0.717, 1.165) is 10.2 Å². The molecule has 34 heavy (non-hydrogen) atoms. The number of nitrogens with zero attached hydrogens (tertiary/aromatic N) is 6. The van der Waals surface area contributed by atoms with E-state index in [1.165, 1.54) is 25.5 Å². The predicted molar refractivity (Wildman–Crippen MR) is 117 cm³/mol. The van der Waals surface area contributed by atoms with Crippen LogP contribution in [0.2, 0.25) is 0 Å². The molecule has 0 spiro atoms. The Hall–Kier alpha value is -4.81. The fourth-order valence-electron chi connectivity index (χ4n) is 2.95. The number of carbonyl (C=O) groups is 1. The number of hydrogen-bond acceptors (Lipinski definition) is 10. The van der Waals surface area contributed by atoms with Gasteiger partial charge >= 0.3 is 0 Å². The summed E-state index contributed by atoms with van der Waals surface area (Å²) in [6.45, 7) is 1.84. The van der Waals surface area contributed by atoms with Crippen LogP contribution in [0.3, 0.4) is 0 Å². The summed E-state index contributed by atoms with van der Waals surface area (Å²) in [6.07, 6.45) is 1.43. The number of ether oxygens (including phenoxy) is 2. The topological polar surface area (TPSA) is 156 Å². The van der Waals surface area contributed by atoms with Gasteiger partial charge in [-0.05, 0) is 58.7 Å². The van der Waals surface area contributed by atoms with Crippen molar-refractivity contribution in [2.75, 3.05) is 12.8 Å². The number of nitrogen functional groups attached to an aromatic ring is 1. The average Bonchev–Trinajstić information content (AvgIpc) is 3.43. The molecule has 2 aromatic heterocycles. The minimum Gasteiger partial charge on any atom is -0.493 e. The lowest BCUT2D eigenvalue weighted by Gasteiger charge is -2.11. The fourth-order valence-corrected chi connectivity index (χ4v) is 2.95. The molecule has 0 aliphatic carbocycles. The van der Waals surface area contributed by atoms with E-state index in [2.05, 4.69) is 35.8 Å². The molecular weight excluding hydrogens is 447 g/mol. The van der Waals surface area contributed by atoms with Gasteiger partial charge in [0, 0.05) is 0 Å². The van der Waals surface area contributed by atoms with Gasteiger partial charge in [-0.1, -0.05) is 17.3 Å². The van der Waals surface area contributed by atoms with Crippen molar-refractivity contribution in [3.63, 3.8) is 0 Å². The van der Waals surface area contributed by atoms with Crippen LogP contribution < -0.4 is 20.6 Å². The van der Waals surface area contributed by atoms with Crippen LogP contribution in [0.4, 0.5) is 10.2 Å². The number of hydrazone groups is 1. The molecule has 0 atom stereocenters. The summed E-state index contributed by atoms with van der Waals surface area (Å²) in [5, 5.41) is 18.8. The summed E-state index contributed by atoms with van der Waals surface area (Å²) < 4.78 is 29.8. The molecule has 0 saturated heterocycles. The Balaban J connectivity index is 1.43. The maximum absolute atomic E-state index is 13.0. The van der Waals surface area contributed by atoms with E-state index in [4.69, 9.17) is 15.2 Å². The van der Waals surface area contributed by atoms with Gasteiger partial charge in [0.1, 0.15) is 12.4 Å². The first kappa shape index (κ1) is 22.4. The van der Waals surface area contributed by atoms with Gasteiger partial charge in [0.05, 0.1) is 19.0 Å². The van der Waals surface area contributed by atoms with Crippen LogP contribution in [-0.4, -0.2) is 44.5 Å². The Morgan fingerprint density at radius 3 is 2.74 bits per heavy atom. The second kappa shape index (κ2) is 9.77. The molecule has 2 aromatic carbocycles. The molecule has 0 radical (unpaired) electrons. The summed E-state index contributed by atoms with van der Waals surface area (Å²) in [7, 11) is 1.50. The van der Waals surface area contributed by atoms with Crippen LogP contribution in [0.1, 0.15) is 27.3 Å². The number of anilines is 1. The van der Waals surface area contributed by atoms with E-state index in [-0.39, 0.29) is 29.8 Å². The van der Waals surface area contributed by atoms with Crippen molar-refractivity contribution in [2.45, 2.75) is 13.5 Å². The lowest BCUT2D eigenvalue weighted by Crippen LogP contribution is -2.22. The Kier molecular flexibility index (Phi) is 6.43.